The fourth-order valence-corrected chi connectivity index (χ4v) is 2.72. The molecule has 0 radical (unpaired) electrons. The lowest BCUT2D eigenvalue weighted by Gasteiger charge is -2.35. The molecule has 0 aromatic carbocycles. The summed E-state index contributed by atoms with van der Waals surface area (Å²) in [5, 5.41) is 3.54. The molecule has 0 heterocycles. The highest BCUT2D eigenvalue weighted by atomic mass is 15.1. The lowest BCUT2D eigenvalue weighted by atomic mass is 9.85. The fourth-order valence-electron chi connectivity index (χ4n) is 2.72. The van der Waals surface area contributed by atoms with Gasteiger partial charge in [0.1, 0.15) is 0 Å². The SMILES string of the molecule is CCN(CC1CCC1)C(C)CCCNCC(C)C. The Bertz CT molecular complexity index is 199. The van der Waals surface area contributed by atoms with E-state index >= 15 is 0 Å². The quantitative estimate of drug-likeness (QED) is 0.600. The maximum atomic E-state index is 3.54. The van der Waals surface area contributed by atoms with Crippen molar-refractivity contribution in [1.29, 1.82) is 0 Å². The molecule has 1 aliphatic carbocycles. The Morgan fingerprint density at radius 1 is 1.22 bits per heavy atom. The molecule has 0 aromatic rings. The molecular formula is C16H34N2. The van der Waals surface area contributed by atoms with E-state index in [1.165, 1.54) is 51.7 Å². The van der Waals surface area contributed by atoms with Crippen LogP contribution in [-0.4, -0.2) is 37.1 Å². The number of hydrogen-bond acceptors (Lipinski definition) is 2. The highest BCUT2D eigenvalue weighted by molar-refractivity contribution is 4.76. The topological polar surface area (TPSA) is 15.3 Å². The smallest absolute Gasteiger partial charge is 0.00674 e. The number of rotatable bonds is 10. The van der Waals surface area contributed by atoms with Gasteiger partial charge in [0.25, 0.3) is 0 Å². The van der Waals surface area contributed by atoms with Crippen LogP contribution in [0.15, 0.2) is 0 Å². The first-order valence-electron chi connectivity index (χ1n) is 8.08. The first-order valence-corrected chi connectivity index (χ1v) is 8.08. The zero-order valence-electron chi connectivity index (χ0n) is 13.0. The molecule has 0 aromatic heterocycles. The second-order valence-electron chi connectivity index (χ2n) is 6.47. The molecule has 0 amide bonds. The van der Waals surface area contributed by atoms with Crippen LogP contribution in [0, 0.1) is 11.8 Å². The molecule has 1 fully saturated rings. The van der Waals surface area contributed by atoms with Gasteiger partial charge in [0.15, 0.2) is 0 Å². The minimum Gasteiger partial charge on any atom is -0.316 e. The summed E-state index contributed by atoms with van der Waals surface area (Å²) < 4.78 is 0. The van der Waals surface area contributed by atoms with Gasteiger partial charge < -0.3 is 10.2 Å². The van der Waals surface area contributed by atoms with Crippen molar-refractivity contribution in [2.75, 3.05) is 26.2 Å². The van der Waals surface area contributed by atoms with Crippen LogP contribution in [0.4, 0.5) is 0 Å². The molecule has 1 atom stereocenters. The molecule has 0 spiro atoms. The molecule has 18 heavy (non-hydrogen) atoms. The predicted octanol–water partition coefficient (Wildman–Crippen LogP) is 3.52. The normalized spacial score (nSPS) is 18.3. The third-order valence-electron chi connectivity index (χ3n) is 4.28. The van der Waals surface area contributed by atoms with Crippen molar-refractivity contribution in [2.45, 2.75) is 65.8 Å². The summed E-state index contributed by atoms with van der Waals surface area (Å²) in [5.74, 6) is 1.78. The van der Waals surface area contributed by atoms with Crippen LogP contribution < -0.4 is 5.32 Å². The van der Waals surface area contributed by atoms with Crippen molar-refractivity contribution in [1.82, 2.24) is 10.2 Å². The van der Waals surface area contributed by atoms with Crippen LogP contribution >= 0.6 is 0 Å². The number of hydrogen-bond donors (Lipinski definition) is 1. The Hall–Kier alpha value is -0.0800. The molecule has 108 valence electrons. The van der Waals surface area contributed by atoms with E-state index in [0.717, 1.165) is 24.4 Å². The number of nitrogens with zero attached hydrogens (tertiary/aromatic N) is 1. The van der Waals surface area contributed by atoms with Gasteiger partial charge in [-0.15, -0.1) is 0 Å². The Balaban J connectivity index is 2.06. The average molecular weight is 254 g/mol. The average Bonchev–Trinajstić information content (AvgIpc) is 2.26. The highest BCUT2D eigenvalue weighted by Gasteiger charge is 2.22. The van der Waals surface area contributed by atoms with E-state index in [-0.39, 0.29) is 0 Å². The maximum Gasteiger partial charge on any atom is 0.00674 e. The third kappa shape index (κ3) is 6.19. The Kier molecular flexibility index (Phi) is 7.92. The summed E-state index contributed by atoms with van der Waals surface area (Å²) in [6, 6.07) is 0.761. The van der Waals surface area contributed by atoms with Crippen LogP contribution in [0.1, 0.15) is 59.8 Å². The zero-order chi connectivity index (χ0) is 13.4. The molecular weight excluding hydrogens is 220 g/mol. The third-order valence-corrected chi connectivity index (χ3v) is 4.28. The van der Waals surface area contributed by atoms with Gasteiger partial charge >= 0.3 is 0 Å². The molecule has 2 heteroatoms. The van der Waals surface area contributed by atoms with Gasteiger partial charge in [0.2, 0.25) is 0 Å². The van der Waals surface area contributed by atoms with Gasteiger partial charge in [-0.3, -0.25) is 0 Å². The molecule has 0 aliphatic heterocycles. The van der Waals surface area contributed by atoms with Crippen molar-refractivity contribution in [3.8, 4) is 0 Å². The van der Waals surface area contributed by atoms with Crippen LogP contribution in [0.25, 0.3) is 0 Å². The first kappa shape index (κ1) is 16.0. The Labute approximate surface area is 115 Å². The maximum absolute atomic E-state index is 3.54. The van der Waals surface area contributed by atoms with E-state index in [2.05, 4.69) is 37.9 Å². The number of nitrogens with one attached hydrogen (secondary N) is 1. The lowest BCUT2D eigenvalue weighted by Crippen LogP contribution is -2.39. The zero-order valence-corrected chi connectivity index (χ0v) is 13.0. The largest absolute Gasteiger partial charge is 0.316 e. The van der Waals surface area contributed by atoms with Gasteiger partial charge in [-0.2, -0.15) is 0 Å². The van der Waals surface area contributed by atoms with E-state index in [4.69, 9.17) is 0 Å². The van der Waals surface area contributed by atoms with E-state index in [1.807, 2.05) is 0 Å². The summed E-state index contributed by atoms with van der Waals surface area (Å²) in [7, 11) is 0. The van der Waals surface area contributed by atoms with Crippen LogP contribution in [-0.2, 0) is 0 Å². The highest BCUT2D eigenvalue weighted by Crippen LogP contribution is 2.27. The van der Waals surface area contributed by atoms with Crippen LogP contribution in [0.3, 0.4) is 0 Å². The molecule has 0 saturated heterocycles. The molecule has 1 N–H and O–H groups in total. The van der Waals surface area contributed by atoms with Gasteiger partial charge in [-0.1, -0.05) is 27.2 Å². The van der Waals surface area contributed by atoms with Crippen molar-refractivity contribution in [3.05, 3.63) is 0 Å². The lowest BCUT2D eigenvalue weighted by molar-refractivity contribution is 0.139. The van der Waals surface area contributed by atoms with Gasteiger partial charge in [-0.05, 0) is 64.1 Å². The van der Waals surface area contributed by atoms with E-state index < -0.39 is 0 Å². The van der Waals surface area contributed by atoms with Crippen molar-refractivity contribution in [2.24, 2.45) is 11.8 Å². The van der Waals surface area contributed by atoms with Crippen LogP contribution in [0.2, 0.25) is 0 Å². The van der Waals surface area contributed by atoms with E-state index in [1.54, 1.807) is 0 Å². The molecule has 1 unspecified atom stereocenters. The summed E-state index contributed by atoms with van der Waals surface area (Å²) in [4.78, 5) is 2.69. The van der Waals surface area contributed by atoms with E-state index in [0.29, 0.717) is 0 Å². The second kappa shape index (κ2) is 8.92. The van der Waals surface area contributed by atoms with Gasteiger partial charge in [0, 0.05) is 12.6 Å². The van der Waals surface area contributed by atoms with Gasteiger partial charge in [-0.25, -0.2) is 0 Å². The van der Waals surface area contributed by atoms with Crippen LogP contribution in [0.5, 0.6) is 0 Å². The Morgan fingerprint density at radius 3 is 2.44 bits per heavy atom. The fraction of sp³-hybridized carbons (Fsp3) is 1.00. The van der Waals surface area contributed by atoms with Crippen molar-refractivity contribution < 1.29 is 0 Å². The monoisotopic (exact) mass is 254 g/mol. The first-order chi connectivity index (χ1) is 8.63. The summed E-state index contributed by atoms with van der Waals surface area (Å²) in [5.41, 5.74) is 0. The molecule has 1 rings (SSSR count). The molecule has 1 aliphatic rings. The minimum absolute atomic E-state index is 0.761. The molecule has 0 bridgehead atoms. The van der Waals surface area contributed by atoms with Crippen molar-refractivity contribution >= 4 is 0 Å². The summed E-state index contributed by atoms with van der Waals surface area (Å²) in [6.07, 6.45) is 7.06. The second-order valence-corrected chi connectivity index (χ2v) is 6.47. The Morgan fingerprint density at radius 2 is 1.94 bits per heavy atom. The minimum atomic E-state index is 0.761. The van der Waals surface area contributed by atoms with E-state index in [9.17, 15) is 0 Å². The molecule has 1 saturated carbocycles. The summed E-state index contributed by atoms with van der Waals surface area (Å²) in [6.45, 7) is 14.2. The standard InChI is InChI=1S/C16H34N2/c1-5-18(13-16-9-6-10-16)15(4)8-7-11-17-12-14(2)3/h14-17H,5-13H2,1-4H3. The van der Waals surface area contributed by atoms with Gasteiger partial charge in [0.05, 0.1) is 0 Å². The predicted molar refractivity (Wildman–Crippen MR) is 81.0 cm³/mol. The molecule has 2 nitrogen and oxygen atoms in total. The summed E-state index contributed by atoms with van der Waals surface area (Å²) >= 11 is 0. The van der Waals surface area contributed by atoms with Crippen molar-refractivity contribution in [3.63, 3.8) is 0 Å².